The SMILES string of the molecule is FC(F)ONc1ccccc1. The fourth-order valence-electron chi connectivity index (χ4n) is 0.619. The molecule has 0 saturated heterocycles. The molecule has 0 unspecified atom stereocenters. The molecule has 1 aromatic rings. The number of hydrogen-bond donors (Lipinski definition) is 1. The fraction of sp³-hybridized carbons (Fsp3) is 0.143. The van der Waals surface area contributed by atoms with Crippen LogP contribution in [0.2, 0.25) is 0 Å². The Hall–Kier alpha value is -1.16. The largest absolute Gasteiger partial charge is 0.364 e. The summed E-state index contributed by atoms with van der Waals surface area (Å²) in [6.45, 7) is -2.80. The van der Waals surface area contributed by atoms with Gasteiger partial charge in [0.05, 0.1) is 5.69 Å². The van der Waals surface area contributed by atoms with Crippen molar-refractivity contribution in [3.63, 3.8) is 0 Å². The normalized spacial score (nSPS) is 10.1. The highest BCUT2D eigenvalue weighted by Gasteiger charge is 1.99. The van der Waals surface area contributed by atoms with Crippen LogP contribution in [0.3, 0.4) is 0 Å². The van der Waals surface area contributed by atoms with Crippen molar-refractivity contribution in [2.24, 2.45) is 0 Å². The van der Waals surface area contributed by atoms with Gasteiger partial charge in [-0.15, -0.1) is 0 Å². The van der Waals surface area contributed by atoms with Gasteiger partial charge in [0, 0.05) is 0 Å². The quantitative estimate of drug-likeness (QED) is 0.683. The number of alkyl halides is 2. The van der Waals surface area contributed by atoms with Crippen LogP contribution in [0.5, 0.6) is 0 Å². The lowest BCUT2D eigenvalue weighted by Crippen LogP contribution is -2.05. The smallest absolute Gasteiger partial charge is 0.261 e. The summed E-state index contributed by atoms with van der Waals surface area (Å²) >= 11 is 0. The van der Waals surface area contributed by atoms with E-state index in [1.807, 2.05) is 0 Å². The molecule has 0 amide bonds. The van der Waals surface area contributed by atoms with Crippen molar-refractivity contribution >= 4 is 5.69 Å². The first-order valence-corrected chi connectivity index (χ1v) is 3.04. The third kappa shape index (κ3) is 2.95. The van der Waals surface area contributed by atoms with Gasteiger partial charge in [-0.3, -0.25) is 5.48 Å². The zero-order valence-electron chi connectivity index (χ0n) is 5.63. The van der Waals surface area contributed by atoms with Gasteiger partial charge in [0.15, 0.2) is 0 Å². The summed E-state index contributed by atoms with van der Waals surface area (Å²) in [6.07, 6.45) is 0. The van der Waals surface area contributed by atoms with Crippen LogP contribution in [0.25, 0.3) is 0 Å². The molecule has 0 saturated carbocycles. The molecule has 60 valence electrons. The fourth-order valence-corrected chi connectivity index (χ4v) is 0.619. The van der Waals surface area contributed by atoms with Crippen molar-refractivity contribution < 1.29 is 13.6 Å². The minimum Gasteiger partial charge on any atom is -0.261 e. The van der Waals surface area contributed by atoms with Gasteiger partial charge in [-0.2, -0.15) is 8.78 Å². The zero-order chi connectivity index (χ0) is 8.10. The van der Waals surface area contributed by atoms with Gasteiger partial charge in [-0.05, 0) is 12.1 Å². The summed E-state index contributed by atoms with van der Waals surface area (Å²) in [4.78, 5) is 3.84. The highest BCUT2D eigenvalue weighted by Crippen LogP contribution is 2.06. The van der Waals surface area contributed by atoms with Crippen LogP contribution in [0.4, 0.5) is 14.5 Å². The maximum atomic E-state index is 11.4. The Bertz CT molecular complexity index is 203. The van der Waals surface area contributed by atoms with E-state index in [2.05, 4.69) is 10.3 Å². The Kier molecular flexibility index (Phi) is 2.80. The van der Waals surface area contributed by atoms with Gasteiger partial charge < -0.3 is 0 Å². The first kappa shape index (κ1) is 7.94. The van der Waals surface area contributed by atoms with E-state index in [0.29, 0.717) is 5.69 Å². The van der Waals surface area contributed by atoms with E-state index in [9.17, 15) is 8.78 Å². The molecule has 0 bridgehead atoms. The summed E-state index contributed by atoms with van der Waals surface area (Å²) in [7, 11) is 0. The van der Waals surface area contributed by atoms with E-state index in [1.165, 1.54) is 0 Å². The number of nitrogens with one attached hydrogen (secondary N) is 1. The molecule has 0 fully saturated rings. The Labute approximate surface area is 62.7 Å². The predicted molar refractivity (Wildman–Crippen MR) is 37.2 cm³/mol. The van der Waals surface area contributed by atoms with Crippen molar-refractivity contribution in [3.8, 4) is 0 Å². The molecule has 0 aromatic heterocycles. The molecule has 0 aliphatic rings. The molecule has 0 atom stereocenters. The van der Waals surface area contributed by atoms with Gasteiger partial charge in [0.1, 0.15) is 0 Å². The number of halogens is 2. The second kappa shape index (κ2) is 3.88. The molecule has 2 nitrogen and oxygen atoms in total. The molecule has 11 heavy (non-hydrogen) atoms. The third-order valence-corrected chi connectivity index (χ3v) is 1.04. The third-order valence-electron chi connectivity index (χ3n) is 1.04. The highest BCUT2D eigenvalue weighted by atomic mass is 19.3. The second-order valence-electron chi connectivity index (χ2n) is 1.85. The topological polar surface area (TPSA) is 21.3 Å². The van der Waals surface area contributed by atoms with Gasteiger partial charge in [-0.1, -0.05) is 18.2 Å². The Morgan fingerprint density at radius 3 is 2.36 bits per heavy atom. The molecule has 0 aliphatic heterocycles. The Morgan fingerprint density at radius 2 is 1.82 bits per heavy atom. The first-order valence-electron chi connectivity index (χ1n) is 3.04. The van der Waals surface area contributed by atoms with Crippen LogP contribution in [-0.2, 0) is 4.84 Å². The van der Waals surface area contributed by atoms with Crippen LogP contribution in [-0.4, -0.2) is 6.61 Å². The summed E-state index contributed by atoms with van der Waals surface area (Å²) in [5.74, 6) is 0. The molecule has 0 heterocycles. The maximum absolute atomic E-state index is 11.4. The number of hydrogen-bond acceptors (Lipinski definition) is 2. The molecule has 4 heteroatoms. The van der Waals surface area contributed by atoms with E-state index < -0.39 is 6.61 Å². The molecule has 1 rings (SSSR count). The number of rotatable bonds is 3. The molecule has 0 aliphatic carbocycles. The number of anilines is 1. The minimum atomic E-state index is -2.80. The number of para-hydroxylation sites is 1. The molecule has 1 N–H and O–H groups in total. The van der Waals surface area contributed by atoms with E-state index in [1.54, 1.807) is 30.3 Å². The van der Waals surface area contributed by atoms with Crippen molar-refractivity contribution in [1.29, 1.82) is 0 Å². The van der Waals surface area contributed by atoms with E-state index >= 15 is 0 Å². The van der Waals surface area contributed by atoms with E-state index in [-0.39, 0.29) is 0 Å². The highest BCUT2D eigenvalue weighted by molar-refractivity contribution is 5.39. The minimum absolute atomic E-state index is 0.507. The lowest BCUT2D eigenvalue weighted by atomic mass is 10.3. The van der Waals surface area contributed by atoms with Crippen LogP contribution in [0.15, 0.2) is 30.3 Å². The van der Waals surface area contributed by atoms with Crippen LogP contribution in [0.1, 0.15) is 0 Å². The van der Waals surface area contributed by atoms with Crippen molar-refractivity contribution in [2.45, 2.75) is 6.61 Å². The molecule has 0 radical (unpaired) electrons. The molecular weight excluding hydrogens is 152 g/mol. The zero-order valence-corrected chi connectivity index (χ0v) is 5.63. The van der Waals surface area contributed by atoms with Crippen molar-refractivity contribution in [1.82, 2.24) is 0 Å². The van der Waals surface area contributed by atoms with Gasteiger partial charge in [-0.25, -0.2) is 4.84 Å². The van der Waals surface area contributed by atoms with E-state index in [4.69, 9.17) is 0 Å². The van der Waals surface area contributed by atoms with E-state index in [0.717, 1.165) is 0 Å². The molecular formula is C7H7F2NO. The Balaban J connectivity index is 2.39. The summed E-state index contributed by atoms with van der Waals surface area (Å²) in [6, 6.07) is 8.48. The second-order valence-corrected chi connectivity index (χ2v) is 1.85. The number of benzene rings is 1. The standard InChI is InChI=1S/C7H7F2NO/c8-7(9)11-10-6-4-2-1-3-5-6/h1-5,7,10H. The van der Waals surface area contributed by atoms with Crippen LogP contribution >= 0.6 is 0 Å². The van der Waals surface area contributed by atoms with Crippen LogP contribution < -0.4 is 5.48 Å². The summed E-state index contributed by atoms with van der Waals surface area (Å²) in [5, 5.41) is 0. The maximum Gasteiger partial charge on any atom is 0.364 e. The lowest BCUT2D eigenvalue weighted by molar-refractivity contribution is -0.105. The summed E-state index contributed by atoms with van der Waals surface area (Å²) < 4.78 is 22.9. The van der Waals surface area contributed by atoms with Gasteiger partial charge >= 0.3 is 6.61 Å². The van der Waals surface area contributed by atoms with Gasteiger partial charge in [0.25, 0.3) is 0 Å². The Morgan fingerprint density at radius 1 is 1.18 bits per heavy atom. The van der Waals surface area contributed by atoms with Crippen LogP contribution in [0, 0.1) is 0 Å². The van der Waals surface area contributed by atoms with Crippen molar-refractivity contribution in [3.05, 3.63) is 30.3 Å². The average molecular weight is 159 g/mol. The monoisotopic (exact) mass is 159 g/mol. The lowest BCUT2D eigenvalue weighted by Gasteiger charge is -2.03. The predicted octanol–water partition coefficient (Wildman–Crippen LogP) is 2.25. The molecule has 0 spiro atoms. The summed E-state index contributed by atoms with van der Waals surface area (Å²) in [5.41, 5.74) is 2.60. The van der Waals surface area contributed by atoms with Crippen molar-refractivity contribution in [2.75, 3.05) is 5.48 Å². The average Bonchev–Trinajstić information content (AvgIpc) is 2.03. The molecule has 1 aromatic carbocycles. The first-order chi connectivity index (χ1) is 5.29. The van der Waals surface area contributed by atoms with Gasteiger partial charge in [0.2, 0.25) is 0 Å².